The molecule has 0 bridgehead atoms. The SMILES string of the molecule is CCOc1ccc(-c2ccc(OCC)c(CC)c2)cc1CC. The van der Waals surface area contributed by atoms with Crippen molar-refractivity contribution >= 4 is 0 Å². The molecule has 0 aliphatic heterocycles. The lowest BCUT2D eigenvalue weighted by atomic mass is 9.98. The summed E-state index contributed by atoms with van der Waals surface area (Å²) in [6, 6.07) is 12.9. The fourth-order valence-corrected chi connectivity index (χ4v) is 2.66. The minimum absolute atomic E-state index is 0.704. The van der Waals surface area contributed by atoms with E-state index in [1.165, 1.54) is 22.3 Å². The molecule has 2 heteroatoms. The Morgan fingerprint density at radius 3 is 1.36 bits per heavy atom. The van der Waals surface area contributed by atoms with E-state index in [1.807, 2.05) is 13.8 Å². The lowest BCUT2D eigenvalue weighted by Gasteiger charge is -2.13. The van der Waals surface area contributed by atoms with Gasteiger partial charge in [-0.3, -0.25) is 0 Å². The molecule has 0 unspecified atom stereocenters. The Balaban J connectivity index is 2.39. The van der Waals surface area contributed by atoms with Gasteiger partial charge in [-0.15, -0.1) is 0 Å². The largest absolute Gasteiger partial charge is 0.494 e. The number of benzene rings is 2. The van der Waals surface area contributed by atoms with Crippen molar-refractivity contribution in [3.63, 3.8) is 0 Å². The van der Waals surface area contributed by atoms with E-state index in [1.54, 1.807) is 0 Å². The smallest absolute Gasteiger partial charge is 0.122 e. The van der Waals surface area contributed by atoms with Crippen LogP contribution in [-0.2, 0) is 12.8 Å². The summed E-state index contributed by atoms with van der Waals surface area (Å²) in [7, 11) is 0. The molecule has 0 radical (unpaired) electrons. The molecule has 2 nitrogen and oxygen atoms in total. The maximum absolute atomic E-state index is 5.69. The minimum Gasteiger partial charge on any atom is -0.494 e. The lowest BCUT2D eigenvalue weighted by molar-refractivity contribution is 0.336. The first-order valence-corrected chi connectivity index (χ1v) is 8.25. The van der Waals surface area contributed by atoms with Crippen LogP contribution in [0.4, 0.5) is 0 Å². The second kappa shape index (κ2) is 7.88. The van der Waals surface area contributed by atoms with Crippen LogP contribution in [0, 0.1) is 0 Å². The lowest BCUT2D eigenvalue weighted by Crippen LogP contribution is -1.97. The van der Waals surface area contributed by atoms with Crippen LogP contribution in [0.5, 0.6) is 11.5 Å². The summed E-state index contributed by atoms with van der Waals surface area (Å²) in [4.78, 5) is 0. The van der Waals surface area contributed by atoms with Crippen molar-refractivity contribution in [2.75, 3.05) is 13.2 Å². The predicted molar refractivity (Wildman–Crippen MR) is 93.0 cm³/mol. The Bertz CT molecular complexity index is 562. The van der Waals surface area contributed by atoms with Gasteiger partial charge in [0, 0.05) is 0 Å². The van der Waals surface area contributed by atoms with Crippen molar-refractivity contribution in [3.8, 4) is 22.6 Å². The van der Waals surface area contributed by atoms with Gasteiger partial charge in [0.1, 0.15) is 11.5 Å². The Morgan fingerprint density at radius 1 is 0.636 bits per heavy atom. The van der Waals surface area contributed by atoms with Crippen LogP contribution < -0.4 is 9.47 Å². The molecule has 0 atom stereocenters. The molecule has 2 aromatic rings. The second-order valence-corrected chi connectivity index (χ2v) is 5.22. The first-order valence-electron chi connectivity index (χ1n) is 8.25. The molecule has 2 aromatic carbocycles. The third-order valence-corrected chi connectivity index (χ3v) is 3.82. The summed E-state index contributed by atoms with van der Waals surface area (Å²) in [5, 5.41) is 0. The van der Waals surface area contributed by atoms with Crippen LogP contribution in [0.25, 0.3) is 11.1 Å². The molecule has 0 aliphatic carbocycles. The molecular weight excluding hydrogens is 272 g/mol. The van der Waals surface area contributed by atoms with Gasteiger partial charge in [0.05, 0.1) is 13.2 Å². The summed E-state index contributed by atoms with van der Waals surface area (Å²) in [5.41, 5.74) is 4.98. The summed E-state index contributed by atoms with van der Waals surface area (Å²) < 4.78 is 11.4. The van der Waals surface area contributed by atoms with Crippen LogP contribution in [0.15, 0.2) is 36.4 Å². The summed E-state index contributed by atoms with van der Waals surface area (Å²) in [6.45, 7) is 9.78. The average molecular weight is 298 g/mol. The summed E-state index contributed by atoms with van der Waals surface area (Å²) in [6.07, 6.45) is 1.95. The van der Waals surface area contributed by atoms with E-state index in [9.17, 15) is 0 Å². The van der Waals surface area contributed by atoms with Gasteiger partial charge in [0.25, 0.3) is 0 Å². The highest BCUT2D eigenvalue weighted by atomic mass is 16.5. The number of aryl methyl sites for hydroxylation is 2. The predicted octanol–water partition coefficient (Wildman–Crippen LogP) is 5.28. The number of ether oxygens (including phenoxy) is 2. The zero-order valence-electron chi connectivity index (χ0n) is 14.1. The standard InChI is InChI=1S/C20H26O2/c1-5-15-13-17(9-11-19(15)21-7-3)18-10-12-20(22-8-4)16(6-2)14-18/h9-14H,5-8H2,1-4H3. The van der Waals surface area contributed by atoms with Crippen molar-refractivity contribution in [1.29, 1.82) is 0 Å². The van der Waals surface area contributed by atoms with Crippen molar-refractivity contribution in [1.82, 2.24) is 0 Å². The normalized spacial score (nSPS) is 10.5. The third-order valence-electron chi connectivity index (χ3n) is 3.82. The summed E-state index contributed by atoms with van der Waals surface area (Å²) in [5.74, 6) is 1.99. The van der Waals surface area contributed by atoms with Crippen LogP contribution >= 0.6 is 0 Å². The molecule has 2 rings (SSSR count). The van der Waals surface area contributed by atoms with E-state index in [4.69, 9.17) is 9.47 Å². The topological polar surface area (TPSA) is 18.5 Å². The molecule has 0 spiro atoms. The molecular formula is C20H26O2. The molecule has 0 fully saturated rings. The van der Waals surface area contributed by atoms with Gasteiger partial charge >= 0.3 is 0 Å². The van der Waals surface area contributed by atoms with Gasteiger partial charge < -0.3 is 9.47 Å². The van der Waals surface area contributed by atoms with Crippen LogP contribution in [0.2, 0.25) is 0 Å². The van der Waals surface area contributed by atoms with Gasteiger partial charge in [-0.1, -0.05) is 26.0 Å². The molecule has 0 saturated carbocycles. The fraction of sp³-hybridized carbons (Fsp3) is 0.400. The molecule has 0 N–H and O–H groups in total. The zero-order chi connectivity index (χ0) is 15.9. The molecule has 0 aliphatic rings. The summed E-state index contributed by atoms with van der Waals surface area (Å²) >= 11 is 0. The number of hydrogen-bond acceptors (Lipinski definition) is 2. The van der Waals surface area contributed by atoms with Crippen molar-refractivity contribution in [3.05, 3.63) is 47.5 Å². The highest BCUT2D eigenvalue weighted by molar-refractivity contribution is 5.67. The quantitative estimate of drug-likeness (QED) is 0.692. The number of hydrogen-bond donors (Lipinski definition) is 0. The Hall–Kier alpha value is -1.96. The van der Waals surface area contributed by atoms with E-state index in [0.717, 1.165) is 24.3 Å². The van der Waals surface area contributed by atoms with Gasteiger partial charge in [0.2, 0.25) is 0 Å². The Morgan fingerprint density at radius 2 is 1.05 bits per heavy atom. The molecule has 0 saturated heterocycles. The van der Waals surface area contributed by atoms with Crippen molar-refractivity contribution in [2.45, 2.75) is 40.5 Å². The van der Waals surface area contributed by atoms with Gasteiger partial charge in [-0.05, 0) is 73.2 Å². The monoisotopic (exact) mass is 298 g/mol. The van der Waals surface area contributed by atoms with Gasteiger partial charge in [-0.25, -0.2) is 0 Å². The zero-order valence-corrected chi connectivity index (χ0v) is 14.1. The van der Waals surface area contributed by atoms with Crippen molar-refractivity contribution < 1.29 is 9.47 Å². The maximum Gasteiger partial charge on any atom is 0.122 e. The molecule has 0 amide bonds. The van der Waals surface area contributed by atoms with E-state index in [2.05, 4.69) is 50.2 Å². The fourth-order valence-electron chi connectivity index (χ4n) is 2.66. The van der Waals surface area contributed by atoms with E-state index in [0.29, 0.717) is 13.2 Å². The Kier molecular flexibility index (Phi) is 5.88. The minimum atomic E-state index is 0.704. The first-order chi connectivity index (χ1) is 10.7. The third kappa shape index (κ3) is 3.62. The molecule has 0 heterocycles. The number of rotatable bonds is 7. The van der Waals surface area contributed by atoms with Crippen molar-refractivity contribution in [2.24, 2.45) is 0 Å². The average Bonchev–Trinajstić information content (AvgIpc) is 2.56. The van der Waals surface area contributed by atoms with E-state index < -0.39 is 0 Å². The second-order valence-electron chi connectivity index (χ2n) is 5.22. The van der Waals surface area contributed by atoms with E-state index >= 15 is 0 Å². The van der Waals surface area contributed by atoms with E-state index in [-0.39, 0.29) is 0 Å². The maximum atomic E-state index is 5.69. The Labute approximate surface area is 134 Å². The molecule has 0 aromatic heterocycles. The first kappa shape index (κ1) is 16.4. The molecule has 22 heavy (non-hydrogen) atoms. The molecule has 118 valence electrons. The van der Waals surface area contributed by atoms with Gasteiger partial charge in [-0.2, -0.15) is 0 Å². The van der Waals surface area contributed by atoms with Crippen LogP contribution in [0.3, 0.4) is 0 Å². The highest BCUT2D eigenvalue weighted by Gasteiger charge is 2.08. The van der Waals surface area contributed by atoms with Crippen LogP contribution in [-0.4, -0.2) is 13.2 Å². The highest BCUT2D eigenvalue weighted by Crippen LogP contribution is 2.30. The van der Waals surface area contributed by atoms with Gasteiger partial charge in [0.15, 0.2) is 0 Å². The van der Waals surface area contributed by atoms with Crippen LogP contribution in [0.1, 0.15) is 38.8 Å².